The molecular weight excluding hydrogens is 447 g/mol. The van der Waals surface area contributed by atoms with E-state index in [1.165, 1.54) is 25.3 Å². The highest BCUT2D eigenvalue weighted by molar-refractivity contribution is 8.00. The van der Waals surface area contributed by atoms with Crippen LogP contribution < -0.4 is 0 Å². The molecule has 0 radical (unpaired) electrons. The molecule has 5 nitrogen and oxygen atoms in total. The molecule has 10 heteroatoms. The normalized spacial score (nSPS) is 12.4. The molecule has 0 aliphatic rings. The van der Waals surface area contributed by atoms with Gasteiger partial charge in [0.05, 0.1) is 22.0 Å². The summed E-state index contributed by atoms with van der Waals surface area (Å²) >= 11 is -0.197. The predicted octanol–water partition coefficient (Wildman–Crippen LogP) is 5.70. The van der Waals surface area contributed by atoms with Crippen LogP contribution in [0.15, 0.2) is 70.7 Å². The first kappa shape index (κ1) is 21.4. The van der Waals surface area contributed by atoms with Crippen LogP contribution in [-0.2, 0) is 9.84 Å². The summed E-state index contributed by atoms with van der Waals surface area (Å²) in [5, 5.41) is 0.542. The number of hydrogen-bond donors (Lipinski definition) is 1. The van der Waals surface area contributed by atoms with E-state index in [2.05, 4.69) is 15.0 Å². The average Bonchev–Trinajstić information content (AvgIpc) is 3.16. The Kier molecular flexibility index (Phi) is 5.52. The fraction of sp³-hybridized carbons (Fsp3) is 0.143. The Morgan fingerprint density at radius 1 is 1.03 bits per heavy atom. The monoisotopic (exact) mass is 463 g/mol. The van der Waals surface area contributed by atoms with Gasteiger partial charge in [-0.1, -0.05) is 13.0 Å². The molecule has 0 aliphatic heterocycles. The number of aromatic nitrogens is 3. The zero-order chi connectivity index (χ0) is 22.2. The quantitative estimate of drug-likeness (QED) is 0.385. The first-order valence-electron chi connectivity index (χ1n) is 9.19. The minimum Gasteiger partial charge on any atom is -0.354 e. The van der Waals surface area contributed by atoms with Crippen molar-refractivity contribution in [2.45, 2.75) is 22.2 Å². The van der Waals surface area contributed by atoms with E-state index < -0.39 is 15.3 Å². The van der Waals surface area contributed by atoms with Gasteiger partial charge in [0.1, 0.15) is 0 Å². The number of benzene rings is 1. The molecule has 3 aromatic heterocycles. The van der Waals surface area contributed by atoms with Crippen LogP contribution in [0.3, 0.4) is 0 Å². The van der Waals surface area contributed by atoms with Crippen molar-refractivity contribution in [2.24, 2.45) is 0 Å². The number of H-pyrrole nitrogens is 1. The van der Waals surface area contributed by atoms with E-state index in [1.54, 1.807) is 42.6 Å². The minimum absolute atomic E-state index is 0.0473. The maximum Gasteiger partial charge on any atom is 0.446 e. The van der Waals surface area contributed by atoms with Gasteiger partial charge >= 0.3 is 5.51 Å². The number of pyridine rings is 2. The summed E-state index contributed by atoms with van der Waals surface area (Å²) in [6.07, 6.45) is 2.91. The van der Waals surface area contributed by atoms with Gasteiger partial charge in [-0.25, -0.2) is 8.42 Å². The molecule has 4 aromatic rings. The molecule has 1 N–H and O–H groups in total. The lowest BCUT2D eigenvalue weighted by molar-refractivity contribution is -0.0328. The minimum atomic E-state index is -4.39. The van der Waals surface area contributed by atoms with E-state index in [0.29, 0.717) is 33.5 Å². The maximum absolute atomic E-state index is 12.7. The summed E-state index contributed by atoms with van der Waals surface area (Å²) in [7, 11) is -3.60. The molecule has 0 atom stereocenters. The second-order valence-electron chi connectivity index (χ2n) is 6.66. The lowest BCUT2D eigenvalue weighted by atomic mass is 10.1. The largest absolute Gasteiger partial charge is 0.446 e. The number of sulfone groups is 1. The topological polar surface area (TPSA) is 75.7 Å². The molecule has 1 aromatic carbocycles. The molecule has 0 amide bonds. The summed E-state index contributed by atoms with van der Waals surface area (Å²) in [5.74, 6) is -0.114. The van der Waals surface area contributed by atoms with E-state index in [-0.39, 0.29) is 27.3 Å². The molecule has 0 aliphatic carbocycles. The zero-order valence-electron chi connectivity index (χ0n) is 16.1. The molecule has 0 saturated heterocycles. The van der Waals surface area contributed by atoms with Gasteiger partial charge in [-0.2, -0.15) is 13.2 Å². The van der Waals surface area contributed by atoms with E-state index in [1.807, 2.05) is 0 Å². The molecule has 3 heterocycles. The highest BCUT2D eigenvalue weighted by Crippen LogP contribution is 2.39. The van der Waals surface area contributed by atoms with Crippen LogP contribution in [0.1, 0.15) is 6.92 Å². The summed E-state index contributed by atoms with van der Waals surface area (Å²) in [5.41, 5.74) is -1.88. The molecular formula is C21H16F3N3O2S2. The molecule has 0 fully saturated rings. The Morgan fingerprint density at radius 3 is 2.52 bits per heavy atom. The maximum atomic E-state index is 12.7. The van der Waals surface area contributed by atoms with Crippen molar-refractivity contribution in [3.63, 3.8) is 0 Å². The van der Waals surface area contributed by atoms with Crippen LogP contribution in [0.4, 0.5) is 13.2 Å². The third-order valence-electron chi connectivity index (χ3n) is 4.63. The Labute approximate surface area is 180 Å². The van der Waals surface area contributed by atoms with Crippen molar-refractivity contribution in [3.05, 3.63) is 60.9 Å². The summed E-state index contributed by atoms with van der Waals surface area (Å²) < 4.78 is 63.5. The van der Waals surface area contributed by atoms with Crippen molar-refractivity contribution in [1.29, 1.82) is 0 Å². The molecule has 0 unspecified atom stereocenters. The van der Waals surface area contributed by atoms with Gasteiger partial charge in [-0.3, -0.25) is 9.97 Å². The van der Waals surface area contributed by atoms with Crippen LogP contribution in [-0.4, -0.2) is 34.6 Å². The van der Waals surface area contributed by atoms with E-state index in [4.69, 9.17) is 0 Å². The first-order valence-corrected chi connectivity index (χ1v) is 11.7. The molecule has 31 heavy (non-hydrogen) atoms. The second-order valence-corrected chi connectivity index (χ2v) is 10.0. The Hall–Kier alpha value is -2.85. The van der Waals surface area contributed by atoms with Gasteiger partial charge in [0.2, 0.25) is 0 Å². The lowest BCUT2D eigenvalue weighted by Gasteiger charge is -2.10. The fourth-order valence-corrected chi connectivity index (χ4v) is 4.78. The van der Waals surface area contributed by atoms with Crippen molar-refractivity contribution in [3.8, 4) is 22.6 Å². The molecule has 0 bridgehead atoms. The number of halogens is 3. The first-order chi connectivity index (χ1) is 14.7. The third kappa shape index (κ3) is 4.59. The highest BCUT2D eigenvalue weighted by atomic mass is 32.2. The third-order valence-corrected chi connectivity index (χ3v) is 7.10. The number of hydrogen-bond acceptors (Lipinski definition) is 5. The average molecular weight is 464 g/mol. The van der Waals surface area contributed by atoms with Crippen LogP contribution in [0.2, 0.25) is 0 Å². The number of nitrogens with one attached hydrogen (secondary N) is 1. The van der Waals surface area contributed by atoms with Crippen LogP contribution >= 0.6 is 11.8 Å². The summed E-state index contributed by atoms with van der Waals surface area (Å²) in [6.45, 7) is 1.54. The number of nitrogens with zero attached hydrogens (tertiary/aromatic N) is 2. The van der Waals surface area contributed by atoms with Crippen LogP contribution in [0.25, 0.3) is 33.5 Å². The standard InChI is InChI=1S/C21H16F3N3O2S2/c1-2-31(28,29)20-12-26-19(17-5-3-4-8-25-17)11-15(20)18-10-13-9-14(30-21(22,23)24)6-7-16(13)27-18/h3-12,27H,2H2,1H3. The van der Waals surface area contributed by atoms with Gasteiger partial charge in [-0.05, 0) is 54.2 Å². The van der Waals surface area contributed by atoms with Gasteiger partial charge in [-0.15, -0.1) is 0 Å². The summed E-state index contributed by atoms with van der Waals surface area (Å²) in [4.78, 5) is 11.7. The second kappa shape index (κ2) is 8.01. The van der Waals surface area contributed by atoms with E-state index in [0.717, 1.165) is 0 Å². The molecule has 4 rings (SSSR count). The molecule has 0 saturated carbocycles. The number of fused-ring (bicyclic) bond motifs is 1. The van der Waals surface area contributed by atoms with Gasteiger partial charge in [0, 0.05) is 39.4 Å². The highest BCUT2D eigenvalue weighted by Gasteiger charge is 2.29. The summed E-state index contributed by atoms with van der Waals surface area (Å²) in [6, 6.07) is 12.9. The van der Waals surface area contributed by atoms with Crippen molar-refractivity contribution in [1.82, 2.24) is 15.0 Å². The Morgan fingerprint density at radius 2 is 1.84 bits per heavy atom. The number of alkyl halides is 3. The number of thioether (sulfide) groups is 1. The Balaban J connectivity index is 1.87. The van der Waals surface area contributed by atoms with Gasteiger partial charge < -0.3 is 4.98 Å². The number of rotatable bonds is 5. The lowest BCUT2D eigenvalue weighted by Crippen LogP contribution is -2.07. The van der Waals surface area contributed by atoms with E-state index in [9.17, 15) is 21.6 Å². The molecule has 0 spiro atoms. The van der Waals surface area contributed by atoms with Crippen molar-refractivity contribution in [2.75, 3.05) is 5.75 Å². The zero-order valence-corrected chi connectivity index (χ0v) is 17.8. The smallest absolute Gasteiger partial charge is 0.354 e. The van der Waals surface area contributed by atoms with Crippen LogP contribution in [0.5, 0.6) is 0 Å². The van der Waals surface area contributed by atoms with Gasteiger partial charge in [0.25, 0.3) is 0 Å². The van der Waals surface area contributed by atoms with Crippen molar-refractivity contribution < 1.29 is 21.6 Å². The number of aromatic amines is 1. The van der Waals surface area contributed by atoms with Gasteiger partial charge in [0.15, 0.2) is 9.84 Å². The fourth-order valence-electron chi connectivity index (χ4n) is 3.16. The predicted molar refractivity (Wildman–Crippen MR) is 114 cm³/mol. The van der Waals surface area contributed by atoms with E-state index >= 15 is 0 Å². The Bertz CT molecular complexity index is 1350. The molecule has 160 valence electrons. The SMILES string of the molecule is CCS(=O)(=O)c1cnc(-c2ccccn2)cc1-c1cc2cc(SC(F)(F)F)ccc2[nH]1. The van der Waals surface area contributed by atoms with Crippen molar-refractivity contribution >= 4 is 32.5 Å². The van der Waals surface area contributed by atoms with Crippen LogP contribution in [0, 0.1) is 0 Å².